The maximum Gasteiger partial charge on any atom is 0.265 e. The Hall–Kier alpha value is -4.11. The Morgan fingerprint density at radius 2 is 1.77 bits per heavy atom. The van der Waals surface area contributed by atoms with Crippen LogP contribution in [-0.2, 0) is 34.7 Å². The van der Waals surface area contributed by atoms with Gasteiger partial charge in [0.1, 0.15) is 5.75 Å². The molecule has 0 aliphatic heterocycles. The van der Waals surface area contributed by atoms with Crippen LogP contribution in [-0.4, -0.2) is 38.5 Å². The molecule has 1 atom stereocenters. The van der Waals surface area contributed by atoms with Crippen molar-refractivity contribution in [2.24, 2.45) is 18.9 Å². The van der Waals surface area contributed by atoms with Crippen molar-refractivity contribution in [2.45, 2.75) is 57.3 Å². The maximum absolute atomic E-state index is 13.0. The number of carbonyl (C=O) groups excluding carboxylic acids is 2. The molecule has 1 unspecified atom stereocenters. The molecule has 1 aliphatic rings. The van der Waals surface area contributed by atoms with Crippen LogP contribution < -0.4 is 14.8 Å². The van der Waals surface area contributed by atoms with Crippen molar-refractivity contribution in [3.63, 3.8) is 0 Å². The van der Waals surface area contributed by atoms with Gasteiger partial charge in [-0.3, -0.25) is 9.59 Å². The number of amides is 2. The summed E-state index contributed by atoms with van der Waals surface area (Å²) in [6.07, 6.45) is 8.22. The molecule has 1 aliphatic carbocycles. The molecule has 44 heavy (non-hydrogen) atoms. The van der Waals surface area contributed by atoms with Gasteiger partial charge in [-0.05, 0) is 84.7 Å². The molecule has 1 fully saturated rings. The van der Waals surface area contributed by atoms with Crippen molar-refractivity contribution in [3.05, 3.63) is 94.7 Å². The van der Waals surface area contributed by atoms with Crippen LogP contribution in [0.2, 0.25) is 0 Å². The summed E-state index contributed by atoms with van der Waals surface area (Å²) in [6, 6.07) is 17.8. The molecule has 1 aromatic heterocycles. The lowest BCUT2D eigenvalue weighted by Crippen LogP contribution is -2.33. The van der Waals surface area contributed by atoms with E-state index in [-0.39, 0.29) is 22.3 Å². The summed E-state index contributed by atoms with van der Waals surface area (Å²) in [7, 11) is -0.495. The van der Waals surface area contributed by atoms with Gasteiger partial charge in [-0.25, -0.2) is 13.1 Å². The average Bonchev–Trinajstić information content (AvgIpc) is 3.63. The largest absolute Gasteiger partial charge is 0.496 e. The molecule has 0 spiro atoms. The molecule has 0 radical (unpaired) electrons. The number of aromatic nitrogens is 1. The van der Waals surface area contributed by atoms with Crippen molar-refractivity contribution in [1.82, 2.24) is 14.6 Å². The third-order valence-corrected chi connectivity index (χ3v) is 10.2. The fourth-order valence-electron chi connectivity index (χ4n) is 6.20. The fourth-order valence-corrected chi connectivity index (χ4v) is 7.42. The van der Waals surface area contributed by atoms with E-state index in [0.717, 1.165) is 34.1 Å². The summed E-state index contributed by atoms with van der Waals surface area (Å²) in [5.41, 5.74) is 4.86. The number of aryl methyl sites for hydroxylation is 2. The van der Waals surface area contributed by atoms with Crippen LogP contribution in [0.4, 0.5) is 0 Å². The van der Waals surface area contributed by atoms with E-state index in [9.17, 15) is 18.0 Å². The first-order valence-electron chi connectivity index (χ1n) is 15.2. The van der Waals surface area contributed by atoms with Crippen molar-refractivity contribution >= 4 is 32.7 Å². The van der Waals surface area contributed by atoms with Crippen molar-refractivity contribution in [1.29, 1.82) is 0 Å². The summed E-state index contributed by atoms with van der Waals surface area (Å²) in [5.74, 6) is 0.350. The van der Waals surface area contributed by atoms with Crippen molar-refractivity contribution in [2.75, 3.05) is 13.7 Å². The molecule has 5 rings (SSSR count). The third-order valence-electron chi connectivity index (χ3n) is 8.71. The van der Waals surface area contributed by atoms with Crippen molar-refractivity contribution in [3.8, 4) is 5.75 Å². The fraction of sp³-hybridized carbons (Fsp3) is 0.371. The lowest BCUT2D eigenvalue weighted by atomic mass is 9.96. The zero-order valence-electron chi connectivity index (χ0n) is 25.9. The van der Waals surface area contributed by atoms with Gasteiger partial charge in [0, 0.05) is 48.6 Å². The molecule has 0 bridgehead atoms. The smallest absolute Gasteiger partial charge is 0.265 e. The summed E-state index contributed by atoms with van der Waals surface area (Å²) < 4.78 is 35.6. The number of nitrogens with one attached hydrogen (secondary N) is 2. The van der Waals surface area contributed by atoms with Gasteiger partial charge in [0.05, 0.1) is 12.0 Å². The number of rotatable bonds is 11. The lowest BCUT2D eigenvalue weighted by Gasteiger charge is -2.15. The van der Waals surface area contributed by atoms with Gasteiger partial charge in [-0.2, -0.15) is 0 Å². The number of hydrogen-bond donors (Lipinski definition) is 2. The van der Waals surface area contributed by atoms with Gasteiger partial charge in [0.2, 0.25) is 5.91 Å². The normalized spacial score (nSPS) is 14.5. The highest BCUT2D eigenvalue weighted by Gasteiger charge is 2.22. The summed E-state index contributed by atoms with van der Waals surface area (Å²) in [5, 5.41) is 4.25. The number of nitrogens with zero attached hydrogens (tertiary/aromatic N) is 1. The van der Waals surface area contributed by atoms with E-state index in [2.05, 4.69) is 39.0 Å². The summed E-state index contributed by atoms with van der Waals surface area (Å²) in [6.45, 7) is 4.44. The van der Waals surface area contributed by atoms with E-state index >= 15 is 0 Å². The Morgan fingerprint density at radius 3 is 2.50 bits per heavy atom. The second kappa shape index (κ2) is 13.3. The Morgan fingerprint density at radius 1 is 1.02 bits per heavy atom. The Kier molecular flexibility index (Phi) is 9.44. The topological polar surface area (TPSA) is 106 Å². The number of ether oxygens (including phenoxy) is 1. The van der Waals surface area contributed by atoms with E-state index in [1.165, 1.54) is 38.9 Å². The van der Waals surface area contributed by atoms with Gasteiger partial charge in [-0.1, -0.05) is 50.1 Å². The molecule has 9 heteroatoms. The van der Waals surface area contributed by atoms with Crippen molar-refractivity contribution < 1.29 is 22.7 Å². The lowest BCUT2D eigenvalue weighted by molar-refractivity contribution is -0.124. The number of carbonyl (C=O) groups is 2. The minimum absolute atomic E-state index is 0.0614. The second-order valence-electron chi connectivity index (χ2n) is 12.0. The van der Waals surface area contributed by atoms with Gasteiger partial charge >= 0.3 is 0 Å². The molecule has 3 aromatic carbocycles. The first-order valence-corrected chi connectivity index (χ1v) is 16.7. The van der Waals surface area contributed by atoms with E-state index in [1.807, 2.05) is 14.0 Å². The van der Waals surface area contributed by atoms with Gasteiger partial charge in [-0.15, -0.1) is 0 Å². The molecule has 2 N–H and O–H groups in total. The average molecular weight is 616 g/mol. The predicted molar refractivity (Wildman–Crippen MR) is 172 cm³/mol. The molecule has 0 saturated heterocycles. The SMILES string of the molecule is COc1cc(C(=O)NS(=O)(=O)c2ccccc2C)ccc1Cc1cn(C)c2ccc(CC(C)C(=O)NCC3CCCC3)cc12. The maximum atomic E-state index is 13.0. The van der Waals surface area contributed by atoms with Gasteiger partial charge < -0.3 is 14.6 Å². The van der Waals surface area contributed by atoms with Crippen LogP contribution in [0.3, 0.4) is 0 Å². The number of fused-ring (bicyclic) bond motifs is 1. The zero-order valence-corrected chi connectivity index (χ0v) is 26.7. The molecule has 232 valence electrons. The highest BCUT2D eigenvalue weighted by molar-refractivity contribution is 7.90. The molecular formula is C35H41N3O5S. The first kappa shape index (κ1) is 31.3. The summed E-state index contributed by atoms with van der Waals surface area (Å²) in [4.78, 5) is 25.8. The van der Waals surface area contributed by atoms with Gasteiger partial charge in [0.25, 0.3) is 15.9 Å². The Bertz CT molecular complexity index is 1790. The molecule has 4 aromatic rings. The van der Waals surface area contributed by atoms with E-state index < -0.39 is 15.9 Å². The van der Waals surface area contributed by atoms with E-state index in [1.54, 1.807) is 43.3 Å². The van der Waals surface area contributed by atoms with Crippen LogP contribution in [0.15, 0.2) is 71.8 Å². The highest BCUT2D eigenvalue weighted by Crippen LogP contribution is 2.30. The van der Waals surface area contributed by atoms with E-state index in [0.29, 0.717) is 30.1 Å². The molecular weight excluding hydrogens is 574 g/mol. The number of methoxy groups -OCH3 is 1. The van der Waals surface area contributed by atoms with Crippen LogP contribution in [0.1, 0.15) is 65.2 Å². The standard InChI is InChI=1S/C35H41N3O5S/c1-23-9-5-8-12-33(23)44(41,42)37-35(40)28-15-14-27(32(20-28)43-4)19-29-22-38(3)31-16-13-26(18-30(29)31)17-24(2)34(39)36-21-25-10-6-7-11-25/h5,8-9,12-16,18,20,22,24-25H,6-7,10-11,17,19,21H2,1-4H3,(H,36,39)(H,37,40). The Balaban J connectivity index is 1.31. The third kappa shape index (κ3) is 6.99. The predicted octanol–water partition coefficient (Wildman–Crippen LogP) is 5.69. The van der Waals surface area contributed by atoms with Crippen LogP contribution >= 0.6 is 0 Å². The van der Waals surface area contributed by atoms with Crippen LogP contribution in [0.5, 0.6) is 5.75 Å². The number of benzene rings is 3. The molecule has 1 heterocycles. The minimum Gasteiger partial charge on any atom is -0.496 e. The highest BCUT2D eigenvalue weighted by atomic mass is 32.2. The first-order chi connectivity index (χ1) is 21.1. The quantitative estimate of drug-likeness (QED) is 0.226. The second-order valence-corrected chi connectivity index (χ2v) is 13.7. The monoisotopic (exact) mass is 615 g/mol. The summed E-state index contributed by atoms with van der Waals surface area (Å²) >= 11 is 0. The minimum atomic E-state index is -4.03. The molecule has 8 nitrogen and oxygen atoms in total. The van der Waals surface area contributed by atoms with Gasteiger partial charge in [0.15, 0.2) is 0 Å². The van der Waals surface area contributed by atoms with Crippen LogP contribution in [0, 0.1) is 18.8 Å². The molecule has 1 saturated carbocycles. The molecule has 2 amide bonds. The van der Waals surface area contributed by atoms with Crippen LogP contribution in [0.25, 0.3) is 10.9 Å². The van der Waals surface area contributed by atoms with E-state index in [4.69, 9.17) is 4.74 Å². The Labute approximate surface area is 259 Å². The number of hydrogen-bond acceptors (Lipinski definition) is 5. The number of sulfonamides is 1. The zero-order chi connectivity index (χ0) is 31.4.